The van der Waals surface area contributed by atoms with E-state index in [1.54, 1.807) is 0 Å². The SMILES string of the molecule is CCc1cc2c(c(CC)c1O)C1(CC2(C)C)CC(C)(C)c2cc(CC)c(O)c(CC)c21. The normalized spacial score (nSPS) is 19.6. The number of hydrogen-bond acceptors (Lipinski definition) is 2. The molecule has 0 aromatic heterocycles. The number of aryl methyl sites for hydroxylation is 2. The van der Waals surface area contributed by atoms with Crippen molar-refractivity contribution in [3.63, 3.8) is 0 Å². The summed E-state index contributed by atoms with van der Waals surface area (Å²) in [5.41, 5.74) is 9.83. The highest BCUT2D eigenvalue weighted by Gasteiger charge is 2.58. The first-order chi connectivity index (χ1) is 14.5. The average molecular weight is 421 g/mol. The molecular formula is C29H40O2. The first kappa shape index (κ1) is 22.2. The monoisotopic (exact) mass is 420 g/mol. The lowest BCUT2D eigenvalue weighted by Crippen LogP contribution is -2.28. The predicted octanol–water partition coefficient (Wildman–Crippen LogP) is 7.00. The maximum atomic E-state index is 11.3. The molecule has 0 saturated carbocycles. The minimum absolute atomic E-state index is 0.0264. The number of benzene rings is 2. The minimum Gasteiger partial charge on any atom is -0.507 e. The average Bonchev–Trinajstić information content (AvgIpc) is 3.06. The predicted molar refractivity (Wildman–Crippen MR) is 130 cm³/mol. The smallest absolute Gasteiger partial charge is 0.122 e. The van der Waals surface area contributed by atoms with Crippen LogP contribution in [0.25, 0.3) is 0 Å². The quantitative estimate of drug-likeness (QED) is 0.559. The molecule has 2 heteroatoms. The zero-order valence-corrected chi connectivity index (χ0v) is 20.8. The van der Waals surface area contributed by atoms with Gasteiger partial charge in [-0.3, -0.25) is 0 Å². The van der Waals surface area contributed by atoms with E-state index in [1.807, 2.05) is 0 Å². The Hall–Kier alpha value is -1.96. The van der Waals surface area contributed by atoms with Gasteiger partial charge >= 0.3 is 0 Å². The van der Waals surface area contributed by atoms with Crippen LogP contribution >= 0.6 is 0 Å². The fourth-order valence-corrected chi connectivity index (χ4v) is 7.21. The molecule has 2 nitrogen and oxygen atoms in total. The van der Waals surface area contributed by atoms with Crippen molar-refractivity contribution in [1.29, 1.82) is 0 Å². The molecule has 0 radical (unpaired) electrons. The summed E-state index contributed by atoms with van der Waals surface area (Å²) >= 11 is 0. The Labute approximate surface area is 188 Å². The second-order valence-corrected chi connectivity index (χ2v) is 11.2. The van der Waals surface area contributed by atoms with Crippen LogP contribution in [0.3, 0.4) is 0 Å². The number of rotatable bonds is 4. The second kappa shape index (κ2) is 7.02. The lowest BCUT2D eigenvalue weighted by molar-refractivity contribution is 0.346. The molecule has 0 saturated heterocycles. The van der Waals surface area contributed by atoms with E-state index in [0.717, 1.165) is 60.8 Å². The van der Waals surface area contributed by atoms with E-state index in [1.165, 1.54) is 22.3 Å². The number of hydrogen-bond donors (Lipinski definition) is 2. The van der Waals surface area contributed by atoms with Crippen LogP contribution in [0.1, 0.15) is 113 Å². The summed E-state index contributed by atoms with van der Waals surface area (Å²) in [6.07, 6.45) is 5.41. The van der Waals surface area contributed by atoms with Crippen LogP contribution in [0, 0.1) is 0 Å². The highest BCUT2D eigenvalue weighted by Crippen LogP contribution is 2.66. The highest BCUT2D eigenvalue weighted by molar-refractivity contribution is 5.69. The van der Waals surface area contributed by atoms with E-state index < -0.39 is 0 Å². The van der Waals surface area contributed by atoms with Crippen LogP contribution in [0.5, 0.6) is 11.5 Å². The summed E-state index contributed by atoms with van der Waals surface area (Å²) in [6, 6.07) is 4.57. The molecule has 0 heterocycles. The molecule has 0 aliphatic heterocycles. The molecule has 0 fully saturated rings. The standard InChI is InChI=1S/C29H40O2/c1-9-17-13-21-23(19(11-3)25(17)30)29(15-27(21,5)6)16-28(7,8)22-14-18(10-2)26(31)20(12-4)24(22)29/h13-14,30-31H,9-12,15-16H2,1-8H3. The minimum atomic E-state index is -0.151. The van der Waals surface area contributed by atoms with Gasteiger partial charge in [-0.05, 0) is 93.9 Å². The summed E-state index contributed by atoms with van der Waals surface area (Å²) < 4.78 is 0. The van der Waals surface area contributed by atoms with Crippen molar-refractivity contribution in [1.82, 2.24) is 0 Å². The molecule has 1 spiro atoms. The number of aromatic hydroxyl groups is 2. The van der Waals surface area contributed by atoms with Gasteiger partial charge in [-0.25, -0.2) is 0 Å². The van der Waals surface area contributed by atoms with E-state index in [-0.39, 0.29) is 16.2 Å². The Kier molecular flexibility index (Phi) is 5.04. The molecule has 2 aromatic carbocycles. The third-order valence-electron chi connectivity index (χ3n) is 8.33. The molecule has 2 aromatic rings. The Morgan fingerprint density at radius 1 is 0.645 bits per heavy atom. The van der Waals surface area contributed by atoms with Gasteiger partial charge in [0.2, 0.25) is 0 Å². The van der Waals surface area contributed by atoms with Crippen LogP contribution in [0.4, 0.5) is 0 Å². The topological polar surface area (TPSA) is 40.5 Å². The fourth-order valence-electron chi connectivity index (χ4n) is 7.21. The van der Waals surface area contributed by atoms with Gasteiger partial charge < -0.3 is 10.2 Å². The molecule has 2 N–H and O–H groups in total. The van der Waals surface area contributed by atoms with Crippen LogP contribution in [0.2, 0.25) is 0 Å². The van der Waals surface area contributed by atoms with E-state index in [9.17, 15) is 10.2 Å². The maximum absolute atomic E-state index is 11.3. The summed E-state index contributed by atoms with van der Waals surface area (Å²) in [7, 11) is 0. The van der Waals surface area contributed by atoms with Crippen molar-refractivity contribution in [3.05, 3.63) is 56.6 Å². The zero-order valence-electron chi connectivity index (χ0n) is 20.8. The number of fused-ring (bicyclic) bond motifs is 4. The summed E-state index contributed by atoms with van der Waals surface area (Å²) in [4.78, 5) is 0. The third kappa shape index (κ3) is 2.82. The van der Waals surface area contributed by atoms with Crippen molar-refractivity contribution < 1.29 is 10.2 Å². The molecule has 2 aliphatic rings. The molecule has 0 bridgehead atoms. The van der Waals surface area contributed by atoms with Crippen molar-refractivity contribution in [2.24, 2.45) is 0 Å². The molecular weight excluding hydrogens is 380 g/mol. The van der Waals surface area contributed by atoms with Crippen molar-refractivity contribution in [2.75, 3.05) is 0 Å². The van der Waals surface area contributed by atoms with Gasteiger partial charge in [-0.15, -0.1) is 0 Å². The zero-order chi connectivity index (χ0) is 22.9. The Balaban J connectivity index is 2.17. The highest BCUT2D eigenvalue weighted by atomic mass is 16.3. The van der Waals surface area contributed by atoms with Gasteiger partial charge in [0.15, 0.2) is 0 Å². The Bertz CT molecular complexity index is 970. The van der Waals surface area contributed by atoms with Crippen LogP contribution in [0.15, 0.2) is 12.1 Å². The second-order valence-electron chi connectivity index (χ2n) is 11.2. The third-order valence-corrected chi connectivity index (χ3v) is 8.33. The molecule has 0 unspecified atom stereocenters. The first-order valence-corrected chi connectivity index (χ1v) is 12.3. The number of phenols is 2. The molecule has 168 valence electrons. The molecule has 2 aliphatic carbocycles. The molecule has 0 atom stereocenters. The maximum Gasteiger partial charge on any atom is 0.122 e. The van der Waals surface area contributed by atoms with E-state index >= 15 is 0 Å². The molecule has 4 rings (SSSR count). The molecule has 0 amide bonds. The van der Waals surface area contributed by atoms with Crippen LogP contribution < -0.4 is 0 Å². The Morgan fingerprint density at radius 2 is 1.00 bits per heavy atom. The number of phenolic OH excluding ortho intramolecular Hbond substituents is 2. The van der Waals surface area contributed by atoms with Crippen molar-refractivity contribution in [2.45, 2.75) is 110 Å². The summed E-state index contributed by atoms with van der Waals surface area (Å²) in [5.74, 6) is 0.999. The first-order valence-electron chi connectivity index (χ1n) is 12.3. The molecule has 31 heavy (non-hydrogen) atoms. The van der Waals surface area contributed by atoms with Gasteiger partial charge in [-0.1, -0.05) is 67.5 Å². The van der Waals surface area contributed by atoms with E-state index in [2.05, 4.69) is 67.5 Å². The summed E-state index contributed by atoms with van der Waals surface area (Å²) in [6.45, 7) is 18.1. The van der Waals surface area contributed by atoms with Crippen LogP contribution in [-0.4, -0.2) is 10.2 Å². The van der Waals surface area contributed by atoms with Gasteiger partial charge in [-0.2, -0.15) is 0 Å². The van der Waals surface area contributed by atoms with Crippen molar-refractivity contribution >= 4 is 0 Å². The van der Waals surface area contributed by atoms with Gasteiger partial charge in [0.1, 0.15) is 11.5 Å². The lowest BCUT2D eigenvalue weighted by atomic mass is 9.69. The fraction of sp³-hybridized carbons (Fsp3) is 0.586. The van der Waals surface area contributed by atoms with E-state index in [0.29, 0.717) is 11.5 Å². The largest absolute Gasteiger partial charge is 0.507 e. The van der Waals surface area contributed by atoms with Gasteiger partial charge in [0.05, 0.1) is 0 Å². The van der Waals surface area contributed by atoms with Crippen LogP contribution in [-0.2, 0) is 41.9 Å². The Morgan fingerprint density at radius 3 is 1.29 bits per heavy atom. The van der Waals surface area contributed by atoms with Gasteiger partial charge in [0, 0.05) is 5.41 Å². The van der Waals surface area contributed by atoms with Gasteiger partial charge in [0.25, 0.3) is 0 Å². The van der Waals surface area contributed by atoms with E-state index in [4.69, 9.17) is 0 Å². The lowest BCUT2D eigenvalue weighted by Gasteiger charge is -2.33. The van der Waals surface area contributed by atoms with Crippen molar-refractivity contribution in [3.8, 4) is 11.5 Å². The summed E-state index contributed by atoms with van der Waals surface area (Å²) in [5, 5.41) is 22.5.